The summed E-state index contributed by atoms with van der Waals surface area (Å²) in [5.41, 5.74) is 0.165. The SMILES string of the molecule is O=C(NCCN1CCOCC1)[C@H]1CCN(c2ccc(Cl)cc2F)C1=O. The number of ether oxygens (including phenoxy) is 1. The van der Waals surface area contributed by atoms with Crippen molar-refractivity contribution in [2.75, 3.05) is 50.8 Å². The summed E-state index contributed by atoms with van der Waals surface area (Å²) in [6, 6.07) is 4.16. The van der Waals surface area contributed by atoms with Crippen molar-refractivity contribution in [3.8, 4) is 0 Å². The third-order valence-corrected chi connectivity index (χ3v) is 4.79. The number of nitrogens with zero attached hydrogens (tertiary/aromatic N) is 2. The van der Waals surface area contributed by atoms with Gasteiger partial charge in [-0.1, -0.05) is 11.6 Å². The highest BCUT2D eigenvalue weighted by Gasteiger charge is 2.38. The summed E-state index contributed by atoms with van der Waals surface area (Å²) < 4.78 is 19.3. The molecule has 2 amide bonds. The van der Waals surface area contributed by atoms with E-state index in [4.69, 9.17) is 16.3 Å². The van der Waals surface area contributed by atoms with Gasteiger partial charge in [0.25, 0.3) is 0 Å². The van der Waals surface area contributed by atoms with Crippen LogP contribution in [0.2, 0.25) is 5.02 Å². The molecule has 25 heavy (non-hydrogen) atoms. The highest BCUT2D eigenvalue weighted by Crippen LogP contribution is 2.29. The van der Waals surface area contributed by atoms with Crippen molar-refractivity contribution >= 4 is 29.1 Å². The van der Waals surface area contributed by atoms with Gasteiger partial charge in [-0.15, -0.1) is 0 Å². The van der Waals surface area contributed by atoms with Crippen molar-refractivity contribution in [3.63, 3.8) is 0 Å². The van der Waals surface area contributed by atoms with E-state index < -0.39 is 11.7 Å². The molecule has 2 saturated heterocycles. The second-order valence-electron chi connectivity index (χ2n) is 6.17. The molecule has 1 atom stereocenters. The Bertz CT molecular complexity index is 652. The van der Waals surface area contributed by atoms with Gasteiger partial charge in [0.05, 0.1) is 18.9 Å². The highest BCUT2D eigenvalue weighted by molar-refractivity contribution is 6.30. The largest absolute Gasteiger partial charge is 0.379 e. The zero-order valence-electron chi connectivity index (χ0n) is 13.8. The van der Waals surface area contributed by atoms with Gasteiger partial charge in [0.2, 0.25) is 11.8 Å². The summed E-state index contributed by atoms with van der Waals surface area (Å²) in [5, 5.41) is 3.08. The minimum absolute atomic E-state index is 0.165. The van der Waals surface area contributed by atoms with Crippen LogP contribution in [0, 0.1) is 11.7 Å². The first kappa shape index (κ1) is 18.1. The average Bonchev–Trinajstić information content (AvgIpc) is 2.97. The Hall–Kier alpha value is -1.70. The number of hydrogen-bond donors (Lipinski definition) is 1. The normalized spacial score (nSPS) is 21.6. The predicted octanol–water partition coefficient (Wildman–Crippen LogP) is 1.28. The van der Waals surface area contributed by atoms with Crippen LogP contribution in [0.25, 0.3) is 0 Å². The van der Waals surface area contributed by atoms with Gasteiger partial charge in [-0.05, 0) is 24.6 Å². The maximum atomic E-state index is 14.0. The molecular weight excluding hydrogens is 349 g/mol. The highest BCUT2D eigenvalue weighted by atomic mass is 35.5. The monoisotopic (exact) mass is 369 g/mol. The van der Waals surface area contributed by atoms with Crippen LogP contribution >= 0.6 is 11.6 Å². The van der Waals surface area contributed by atoms with Crippen LogP contribution in [-0.4, -0.2) is 62.7 Å². The van der Waals surface area contributed by atoms with Crippen molar-refractivity contribution < 1.29 is 18.7 Å². The smallest absolute Gasteiger partial charge is 0.239 e. The van der Waals surface area contributed by atoms with Crippen molar-refractivity contribution in [2.24, 2.45) is 5.92 Å². The van der Waals surface area contributed by atoms with Crippen LogP contribution in [0.3, 0.4) is 0 Å². The third-order valence-electron chi connectivity index (χ3n) is 4.55. The molecule has 1 aromatic carbocycles. The molecule has 0 saturated carbocycles. The molecule has 2 aliphatic heterocycles. The Kier molecular flexibility index (Phi) is 5.88. The number of halogens is 2. The van der Waals surface area contributed by atoms with E-state index in [1.165, 1.54) is 23.1 Å². The van der Waals surface area contributed by atoms with Crippen LogP contribution < -0.4 is 10.2 Å². The van der Waals surface area contributed by atoms with Gasteiger partial charge in [-0.3, -0.25) is 14.5 Å². The van der Waals surface area contributed by atoms with E-state index in [-0.39, 0.29) is 22.5 Å². The Morgan fingerprint density at radius 2 is 2.08 bits per heavy atom. The number of rotatable bonds is 5. The second-order valence-corrected chi connectivity index (χ2v) is 6.61. The summed E-state index contributed by atoms with van der Waals surface area (Å²) in [5.74, 6) is -1.99. The minimum atomic E-state index is -0.764. The van der Waals surface area contributed by atoms with E-state index in [2.05, 4.69) is 10.2 Å². The molecule has 0 aliphatic carbocycles. The van der Waals surface area contributed by atoms with Crippen molar-refractivity contribution in [1.82, 2.24) is 10.2 Å². The number of hydrogen-bond acceptors (Lipinski definition) is 4. The fraction of sp³-hybridized carbons (Fsp3) is 0.529. The molecule has 3 rings (SSSR count). The standard InChI is InChI=1S/C17H21ClFN3O3/c18-12-1-2-15(14(19)11-12)22-5-3-13(17(22)24)16(23)20-4-6-21-7-9-25-10-8-21/h1-2,11,13H,3-10H2,(H,20,23)/t13-/m1/s1. The molecule has 0 aromatic heterocycles. The van der Waals surface area contributed by atoms with Crippen molar-refractivity contribution in [3.05, 3.63) is 29.0 Å². The van der Waals surface area contributed by atoms with E-state index in [0.29, 0.717) is 32.7 Å². The van der Waals surface area contributed by atoms with Gasteiger partial charge in [0.15, 0.2) is 0 Å². The first-order chi connectivity index (χ1) is 12.1. The lowest BCUT2D eigenvalue weighted by Crippen LogP contribution is -2.43. The Morgan fingerprint density at radius 1 is 1.32 bits per heavy atom. The molecule has 1 N–H and O–H groups in total. The quantitative estimate of drug-likeness (QED) is 0.794. The molecule has 0 radical (unpaired) electrons. The fourth-order valence-electron chi connectivity index (χ4n) is 3.15. The molecule has 2 heterocycles. The van der Waals surface area contributed by atoms with Crippen LogP contribution in [0.15, 0.2) is 18.2 Å². The Morgan fingerprint density at radius 3 is 2.80 bits per heavy atom. The first-order valence-corrected chi connectivity index (χ1v) is 8.78. The lowest BCUT2D eigenvalue weighted by Gasteiger charge is -2.26. The van der Waals surface area contributed by atoms with E-state index in [1.807, 2.05) is 0 Å². The van der Waals surface area contributed by atoms with Gasteiger partial charge in [-0.2, -0.15) is 0 Å². The number of anilines is 1. The number of morpholine rings is 1. The topological polar surface area (TPSA) is 61.9 Å². The van der Waals surface area contributed by atoms with Gasteiger partial charge in [0.1, 0.15) is 11.7 Å². The van der Waals surface area contributed by atoms with Crippen LogP contribution in [0.5, 0.6) is 0 Å². The summed E-state index contributed by atoms with van der Waals surface area (Å²) in [4.78, 5) is 28.3. The van der Waals surface area contributed by atoms with Crippen LogP contribution in [-0.2, 0) is 14.3 Å². The maximum absolute atomic E-state index is 14.0. The number of amides is 2. The summed E-state index contributed by atoms with van der Waals surface area (Å²) >= 11 is 5.74. The number of benzene rings is 1. The predicted molar refractivity (Wildman–Crippen MR) is 92.1 cm³/mol. The minimum Gasteiger partial charge on any atom is -0.379 e. The van der Waals surface area contributed by atoms with Crippen molar-refractivity contribution in [2.45, 2.75) is 6.42 Å². The summed E-state index contributed by atoms with van der Waals surface area (Å²) in [6.07, 6.45) is 0.379. The van der Waals surface area contributed by atoms with E-state index in [1.54, 1.807) is 0 Å². The lowest BCUT2D eigenvalue weighted by atomic mass is 10.1. The second kappa shape index (κ2) is 8.12. The molecular formula is C17H21ClFN3O3. The molecule has 136 valence electrons. The maximum Gasteiger partial charge on any atom is 0.239 e. The summed E-state index contributed by atoms with van der Waals surface area (Å²) in [6.45, 7) is 4.64. The zero-order chi connectivity index (χ0) is 17.8. The molecule has 0 bridgehead atoms. The lowest BCUT2D eigenvalue weighted by molar-refractivity contribution is -0.132. The average molecular weight is 370 g/mol. The summed E-state index contributed by atoms with van der Waals surface area (Å²) in [7, 11) is 0. The molecule has 8 heteroatoms. The van der Waals surface area contributed by atoms with Crippen LogP contribution in [0.1, 0.15) is 6.42 Å². The fourth-order valence-corrected chi connectivity index (χ4v) is 3.31. The number of carbonyl (C=O) groups excluding carboxylic acids is 2. The van der Waals surface area contributed by atoms with Gasteiger partial charge < -0.3 is 15.0 Å². The first-order valence-electron chi connectivity index (χ1n) is 8.40. The molecule has 0 spiro atoms. The molecule has 1 aromatic rings. The Balaban J connectivity index is 1.53. The Labute approximate surface area is 150 Å². The third kappa shape index (κ3) is 4.29. The van der Waals surface area contributed by atoms with Crippen molar-refractivity contribution in [1.29, 1.82) is 0 Å². The van der Waals surface area contributed by atoms with E-state index in [9.17, 15) is 14.0 Å². The zero-order valence-corrected chi connectivity index (χ0v) is 14.6. The van der Waals surface area contributed by atoms with Gasteiger partial charge in [-0.25, -0.2) is 4.39 Å². The molecule has 2 fully saturated rings. The van der Waals surface area contributed by atoms with E-state index in [0.717, 1.165) is 19.6 Å². The number of nitrogens with one attached hydrogen (secondary N) is 1. The molecule has 6 nitrogen and oxygen atoms in total. The number of carbonyl (C=O) groups is 2. The van der Waals surface area contributed by atoms with E-state index >= 15 is 0 Å². The van der Waals surface area contributed by atoms with Gasteiger partial charge in [0, 0.05) is 37.7 Å². The van der Waals surface area contributed by atoms with Crippen LogP contribution in [0.4, 0.5) is 10.1 Å². The molecule has 2 aliphatic rings. The molecule has 0 unspecified atom stereocenters. The van der Waals surface area contributed by atoms with Gasteiger partial charge >= 0.3 is 0 Å².